The Morgan fingerprint density at radius 2 is 1.86 bits per heavy atom. The number of carboxylic acids is 1. The average molecular weight is 297 g/mol. The van der Waals surface area contributed by atoms with Crippen molar-refractivity contribution in [3.05, 3.63) is 32.1 Å². The number of H-pyrrole nitrogens is 2. The van der Waals surface area contributed by atoms with Crippen LogP contribution >= 0.6 is 0 Å². The summed E-state index contributed by atoms with van der Waals surface area (Å²) >= 11 is 0. The molecule has 0 aliphatic carbocycles. The zero-order chi connectivity index (χ0) is 16.2. The van der Waals surface area contributed by atoms with Crippen molar-refractivity contribution in [1.82, 2.24) is 15.3 Å². The van der Waals surface area contributed by atoms with Crippen LogP contribution in [0.25, 0.3) is 0 Å². The highest BCUT2D eigenvalue weighted by Crippen LogP contribution is 2.07. The molecule has 1 unspecified atom stereocenters. The minimum atomic E-state index is -1.01. The fourth-order valence-electron chi connectivity index (χ4n) is 1.90. The second-order valence-electron chi connectivity index (χ2n) is 5.20. The lowest BCUT2D eigenvalue weighted by atomic mass is 10.0. The monoisotopic (exact) mass is 297 g/mol. The van der Waals surface area contributed by atoms with Crippen molar-refractivity contribution in [3.8, 4) is 0 Å². The molecule has 0 saturated heterocycles. The number of aromatic nitrogens is 2. The van der Waals surface area contributed by atoms with Gasteiger partial charge in [-0.1, -0.05) is 13.8 Å². The number of aromatic amines is 2. The Hall–Kier alpha value is -2.38. The highest BCUT2D eigenvalue weighted by molar-refractivity contribution is 5.79. The van der Waals surface area contributed by atoms with E-state index in [1.54, 1.807) is 13.8 Å². The van der Waals surface area contributed by atoms with Crippen LogP contribution in [0.2, 0.25) is 0 Å². The van der Waals surface area contributed by atoms with Crippen molar-refractivity contribution >= 4 is 11.9 Å². The van der Waals surface area contributed by atoms with E-state index in [-0.39, 0.29) is 24.3 Å². The molecule has 0 saturated carbocycles. The molecule has 4 N–H and O–H groups in total. The molecule has 0 spiro atoms. The molecule has 21 heavy (non-hydrogen) atoms. The summed E-state index contributed by atoms with van der Waals surface area (Å²) in [5.74, 6) is -1.53. The normalized spacial score (nSPS) is 12.2. The Morgan fingerprint density at radius 1 is 1.24 bits per heavy atom. The van der Waals surface area contributed by atoms with Gasteiger partial charge in [-0.3, -0.25) is 19.4 Å². The Morgan fingerprint density at radius 3 is 2.33 bits per heavy atom. The standard InChI is InChI=1S/C13H19N3O5/c1-6(2)9(5-11(18)19)15-10(17)4-8-7(3)14-13(21)16-12(8)20/h6,9H,4-5H2,1-3H3,(H,15,17)(H,18,19)(H2,14,16,20,21). The van der Waals surface area contributed by atoms with Crippen molar-refractivity contribution in [3.63, 3.8) is 0 Å². The van der Waals surface area contributed by atoms with Gasteiger partial charge in [-0.2, -0.15) is 0 Å². The number of hydrogen-bond acceptors (Lipinski definition) is 4. The minimum Gasteiger partial charge on any atom is -0.481 e. The van der Waals surface area contributed by atoms with Crippen LogP contribution < -0.4 is 16.6 Å². The van der Waals surface area contributed by atoms with Gasteiger partial charge in [-0.15, -0.1) is 0 Å². The van der Waals surface area contributed by atoms with Gasteiger partial charge in [0.1, 0.15) is 0 Å². The number of hydrogen-bond donors (Lipinski definition) is 4. The van der Waals surface area contributed by atoms with Crippen LogP contribution in [0.15, 0.2) is 9.59 Å². The lowest BCUT2D eigenvalue weighted by molar-refractivity contribution is -0.138. The number of aliphatic carboxylic acids is 1. The zero-order valence-corrected chi connectivity index (χ0v) is 12.1. The second-order valence-corrected chi connectivity index (χ2v) is 5.20. The van der Waals surface area contributed by atoms with Crippen molar-refractivity contribution < 1.29 is 14.7 Å². The molecule has 0 aliphatic rings. The Balaban J connectivity index is 2.84. The third-order valence-electron chi connectivity index (χ3n) is 3.14. The van der Waals surface area contributed by atoms with Crippen LogP contribution in [0.1, 0.15) is 31.5 Å². The molecule has 1 aromatic heterocycles. The van der Waals surface area contributed by atoms with E-state index < -0.39 is 29.2 Å². The number of carboxylic acid groups (broad SMARTS) is 1. The van der Waals surface area contributed by atoms with Gasteiger partial charge in [0.15, 0.2) is 0 Å². The number of rotatable bonds is 6. The Kier molecular flexibility index (Phi) is 5.45. The maximum absolute atomic E-state index is 11.9. The summed E-state index contributed by atoms with van der Waals surface area (Å²) < 4.78 is 0. The maximum atomic E-state index is 11.9. The summed E-state index contributed by atoms with van der Waals surface area (Å²) in [6, 6.07) is -0.517. The molecular formula is C13H19N3O5. The van der Waals surface area contributed by atoms with Gasteiger partial charge in [0.25, 0.3) is 5.56 Å². The van der Waals surface area contributed by atoms with E-state index in [2.05, 4.69) is 15.3 Å². The first kappa shape index (κ1) is 16.7. The number of aryl methyl sites for hydroxylation is 1. The molecule has 0 aromatic carbocycles. The summed E-state index contributed by atoms with van der Waals surface area (Å²) in [5.41, 5.74) is -0.776. The van der Waals surface area contributed by atoms with E-state index in [4.69, 9.17) is 5.11 Å². The summed E-state index contributed by atoms with van der Waals surface area (Å²) in [7, 11) is 0. The van der Waals surface area contributed by atoms with E-state index >= 15 is 0 Å². The molecule has 1 rings (SSSR count). The molecule has 8 heteroatoms. The number of carbonyl (C=O) groups excluding carboxylic acids is 1. The van der Waals surface area contributed by atoms with Crippen LogP contribution in [0.5, 0.6) is 0 Å². The van der Waals surface area contributed by atoms with E-state index in [0.717, 1.165) is 0 Å². The smallest absolute Gasteiger partial charge is 0.325 e. The SMILES string of the molecule is Cc1[nH]c(=O)[nH]c(=O)c1CC(=O)NC(CC(=O)O)C(C)C. The van der Waals surface area contributed by atoms with Gasteiger partial charge in [-0.25, -0.2) is 4.79 Å². The van der Waals surface area contributed by atoms with Gasteiger partial charge in [0.05, 0.1) is 12.8 Å². The lowest BCUT2D eigenvalue weighted by Crippen LogP contribution is -2.42. The van der Waals surface area contributed by atoms with Crippen molar-refractivity contribution in [2.75, 3.05) is 0 Å². The van der Waals surface area contributed by atoms with Gasteiger partial charge in [0, 0.05) is 17.3 Å². The largest absolute Gasteiger partial charge is 0.481 e. The summed E-state index contributed by atoms with van der Waals surface area (Å²) in [4.78, 5) is 49.9. The quantitative estimate of drug-likeness (QED) is 0.563. The summed E-state index contributed by atoms with van der Waals surface area (Å²) in [5, 5.41) is 11.4. The molecular weight excluding hydrogens is 278 g/mol. The van der Waals surface area contributed by atoms with Crippen LogP contribution in [-0.4, -0.2) is 33.0 Å². The third-order valence-corrected chi connectivity index (χ3v) is 3.14. The predicted octanol–water partition coefficient (Wildman–Crippen LogP) is -0.470. The fourth-order valence-corrected chi connectivity index (χ4v) is 1.90. The zero-order valence-electron chi connectivity index (χ0n) is 12.1. The molecule has 0 fully saturated rings. The Bertz CT molecular complexity index is 644. The average Bonchev–Trinajstić information content (AvgIpc) is 2.32. The lowest BCUT2D eigenvalue weighted by Gasteiger charge is -2.20. The number of amides is 1. The molecule has 1 atom stereocenters. The molecule has 8 nitrogen and oxygen atoms in total. The van der Waals surface area contributed by atoms with Crippen molar-refractivity contribution in [2.45, 2.75) is 39.7 Å². The molecule has 0 bridgehead atoms. The van der Waals surface area contributed by atoms with Gasteiger partial charge in [-0.05, 0) is 12.8 Å². The Labute approximate surface area is 120 Å². The first-order valence-corrected chi connectivity index (χ1v) is 6.54. The van der Waals surface area contributed by atoms with Crippen LogP contribution in [0.4, 0.5) is 0 Å². The minimum absolute atomic E-state index is 0.0555. The molecule has 116 valence electrons. The predicted molar refractivity (Wildman–Crippen MR) is 75.1 cm³/mol. The number of carbonyl (C=O) groups is 2. The molecule has 1 aromatic rings. The molecule has 0 radical (unpaired) electrons. The highest BCUT2D eigenvalue weighted by atomic mass is 16.4. The first-order chi connectivity index (χ1) is 9.70. The number of nitrogens with one attached hydrogen (secondary N) is 3. The van der Waals surface area contributed by atoms with Crippen LogP contribution in [0, 0.1) is 12.8 Å². The molecule has 0 aliphatic heterocycles. The summed E-state index contributed by atoms with van der Waals surface area (Å²) in [6.45, 7) is 5.12. The van der Waals surface area contributed by atoms with Crippen LogP contribution in [0.3, 0.4) is 0 Å². The topological polar surface area (TPSA) is 132 Å². The van der Waals surface area contributed by atoms with E-state index in [0.29, 0.717) is 5.69 Å². The van der Waals surface area contributed by atoms with Gasteiger partial charge < -0.3 is 15.4 Å². The first-order valence-electron chi connectivity index (χ1n) is 6.54. The third kappa shape index (κ3) is 4.90. The molecule has 1 heterocycles. The van der Waals surface area contributed by atoms with E-state index in [1.807, 2.05) is 0 Å². The summed E-state index contributed by atoms with van der Waals surface area (Å²) in [6.07, 6.45) is -0.412. The molecule has 1 amide bonds. The highest BCUT2D eigenvalue weighted by Gasteiger charge is 2.20. The van der Waals surface area contributed by atoms with E-state index in [9.17, 15) is 19.2 Å². The van der Waals surface area contributed by atoms with Crippen molar-refractivity contribution in [1.29, 1.82) is 0 Å². The fraction of sp³-hybridized carbons (Fsp3) is 0.538. The van der Waals surface area contributed by atoms with Crippen molar-refractivity contribution in [2.24, 2.45) is 5.92 Å². The second kappa shape index (κ2) is 6.87. The van der Waals surface area contributed by atoms with Gasteiger partial charge in [0.2, 0.25) is 5.91 Å². The maximum Gasteiger partial charge on any atom is 0.325 e. The van der Waals surface area contributed by atoms with E-state index in [1.165, 1.54) is 6.92 Å². The van der Waals surface area contributed by atoms with Gasteiger partial charge >= 0.3 is 11.7 Å². The van der Waals surface area contributed by atoms with Crippen LogP contribution in [-0.2, 0) is 16.0 Å².